The Morgan fingerprint density at radius 3 is 2.28 bits per heavy atom. The van der Waals surface area contributed by atoms with Gasteiger partial charge in [-0.15, -0.1) is 23.4 Å². The summed E-state index contributed by atoms with van der Waals surface area (Å²) in [4.78, 5) is 11.9. The summed E-state index contributed by atoms with van der Waals surface area (Å²) in [6.45, 7) is 1.63. The molecule has 1 N–H and O–H groups in total. The number of nitrogens with one attached hydrogen (secondary N) is 1. The topological polar surface area (TPSA) is 86.5 Å². The Bertz CT molecular complexity index is 954. The van der Waals surface area contributed by atoms with Gasteiger partial charge in [0.1, 0.15) is 11.5 Å². The van der Waals surface area contributed by atoms with Crippen LogP contribution in [0.3, 0.4) is 0 Å². The summed E-state index contributed by atoms with van der Waals surface area (Å²) in [7, 11) is 0. The van der Waals surface area contributed by atoms with Crippen LogP contribution in [-0.4, -0.2) is 29.1 Å². The third kappa shape index (κ3) is 5.96. The summed E-state index contributed by atoms with van der Waals surface area (Å²) in [6.07, 6.45) is -4.13. The molecule has 0 spiro atoms. The zero-order chi connectivity index (χ0) is 20.9. The number of anilines is 1. The number of ether oxygens (including phenoxy) is 2. The van der Waals surface area contributed by atoms with Crippen molar-refractivity contribution in [3.63, 3.8) is 0 Å². The minimum atomic E-state index is -4.77. The zero-order valence-electron chi connectivity index (χ0n) is 15.2. The number of amides is 1. The SMILES string of the molecule is CCc1nnc(-c2ccc(OCC(=O)Nc3ccc(OC(F)(F)F)cc3)cc2)o1. The molecule has 0 saturated heterocycles. The van der Waals surface area contributed by atoms with Gasteiger partial charge in [0.05, 0.1) is 0 Å². The van der Waals surface area contributed by atoms with Crippen LogP contribution in [0.4, 0.5) is 18.9 Å². The number of carbonyl (C=O) groups excluding carboxylic acids is 1. The Balaban J connectivity index is 1.50. The molecule has 0 unspecified atom stereocenters. The fourth-order valence-electron chi connectivity index (χ4n) is 2.29. The number of hydrogen-bond donors (Lipinski definition) is 1. The molecule has 152 valence electrons. The van der Waals surface area contributed by atoms with Crippen molar-refractivity contribution in [2.75, 3.05) is 11.9 Å². The number of halogens is 3. The second-order valence-corrected chi connectivity index (χ2v) is 5.79. The lowest BCUT2D eigenvalue weighted by molar-refractivity contribution is -0.274. The van der Waals surface area contributed by atoms with Crippen molar-refractivity contribution in [1.82, 2.24) is 10.2 Å². The number of carbonyl (C=O) groups is 1. The van der Waals surface area contributed by atoms with E-state index in [4.69, 9.17) is 9.15 Å². The molecule has 10 heteroatoms. The van der Waals surface area contributed by atoms with Crippen molar-refractivity contribution >= 4 is 11.6 Å². The second kappa shape index (κ2) is 8.63. The average Bonchev–Trinajstić information content (AvgIpc) is 3.16. The molecule has 7 nitrogen and oxygen atoms in total. The van der Waals surface area contributed by atoms with Crippen LogP contribution in [0, 0.1) is 0 Å². The molecule has 0 aliphatic carbocycles. The van der Waals surface area contributed by atoms with E-state index in [0.29, 0.717) is 29.6 Å². The normalized spacial score (nSPS) is 11.2. The van der Waals surface area contributed by atoms with Gasteiger partial charge in [-0.3, -0.25) is 4.79 Å². The fraction of sp³-hybridized carbons (Fsp3) is 0.211. The lowest BCUT2D eigenvalue weighted by Gasteiger charge is -2.10. The van der Waals surface area contributed by atoms with Crippen LogP contribution in [0.2, 0.25) is 0 Å². The molecule has 0 bridgehead atoms. The van der Waals surface area contributed by atoms with Crippen LogP contribution in [0.5, 0.6) is 11.5 Å². The summed E-state index contributed by atoms with van der Waals surface area (Å²) < 4.78 is 51.0. The zero-order valence-corrected chi connectivity index (χ0v) is 15.2. The van der Waals surface area contributed by atoms with Crippen molar-refractivity contribution in [3.8, 4) is 23.0 Å². The number of aryl methyl sites for hydroxylation is 1. The molecular formula is C19H16F3N3O4. The Hall–Kier alpha value is -3.56. The highest BCUT2D eigenvalue weighted by Crippen LogP contribution is 2.24. The number of benzene rings is 2. The maximum Gasteiger partial charge on any atom is 0.573 e. The minimum Gasteiger partial charge on any atom is -0.484 e. The highest BCUT2D eigenvalue weighted by molar-refractivity contribution is 5.91. The summed E-state index contributed by atoms with van der Waals surface area (Å²) in [5, 5.41) is 10.3. The number of nitrogens with zero attached hydrogens (tertiary/aromatic N) is 2. The third-order valence-corrected chi connectivity index (χ3v) is 3.61. The van der Waals surface area contributed by atoms with Gasteiger partial charge in [0, 0.05) is 17.7 Å². The van der Waals surface area contributed by atoms with Gasteiger partial charge in [0.25, 0.3) is 5.91 Å². The van der Waals surface area contributed by atoms with E-state index < -0.39 is 12.3 Å². The number of aromatic nitrogens is 2. The molecule has 1 aromatic heterocycles. The molecule has 0 atom stereocenters. The van der Waals surface area contributed by atoms with Crippen molar-refractivity contribution < 1.29 is 31.9 Å². The van der Waals surface area contributed by atoms with Crippen LogP contribution in [-0.2, 0) is 11.2 Å². The number of hydrogen-bond acceptors (Lipinski definition) is 6. The highest BCUT2D eigenvalue weighted by Gasteiger charge is 2.30. The van der Waals surface area contributed by atoms with Crippen LogP contribution >= 0.6 is 0 Å². The molecule has 29 heavy (non-hydrogen) atoms. The third-order valence-electron chi connectivity index (χ3n) is 3.61. The van der Waals surface area contributed by atoms with Crippen molar-refractivity contribution in [3.05, 3.63) is 54.4 Å². The Morgan fingerprint density at radius 1 is 1.03 bits per heavy atom. The molecule has 1 heterocycles. The summed E-state index contributed by atoms with van der Waals surface area (Å²) in [5.41, 5.74) is 1.03. The monoisotopic (exact) mass is 407 g/mol. The first kappa shape index (κ1) is 20.2. The van der Waals surface area contributed by atoms with Gasteiger partial charge in [0.2, 0.25) is 11.8 Å². The highest BCUT2D eigenvalue weighted by atomic mass is 19.4. The average molecular weight is 407 g/mol. The van der Waals surface area contributed by atoms with Crippen LogP contribution < -0.4 is 14.8 Å². The molecule has 0 aliphatic rings. The first-order valence-electron chi connectivity index (χ1n) is 8.53. The van der Waals surface area contributed by atoms with Crippen molar-refractivity contribution in [1.29, 1.82) is 0 Å². The van der Waals surface area contributed by atoms with Gasteiger partial charge in [-0.05, 0) is 48.5 Å². The van der Waals surface area contributed by atoms with Crippen LogP contribution in [0.25, 0.3) is 11.5 Å². The second-order valence-electron chi connectivity index (χ2n) is 5.79. The Kier molecular flexibility index (Phi) is 6.01. The first-order valence-corrected chi connectivity index (χ1v) is 8.53. The number of rotatable bonds is 7. The quantitative estimate of drug-likeness (QED) is 0.631. The van der Waals surface area contributed by atoms with Crippen molar-refractivity contribution in [2.24, 2.45) is 0 Å². The van der Waals surface area contributed by atoms with Gasteiger partial charge >= 0.3 is 6.36 Å². The summed E-state index contributed by atoms with van der Waals surface area (Å²) in [5.74, 6) is 0.536. The van der Waals surface area contributed by atoms with E-state index in [1.165, 1.54) is 12.1 Å². The van der Waals surface area contributed by atoms with Gasteiger partial charge in [-0.2, -0.15) is 0 Å². The molecule has 0 radical (unpaired) electrons. The Morgan fingerprint density at radius 2 is 1.69 bits per heavy atom. The predicted molar refractivity (Wildman–Crippen MR) is 96.4 cm³/mol. The van der Waals surface area contributed by atoms with Gasteiger partial charge in [-0.1, -0.05) is 6.92 Å². The summed E-state index contributed by atoms with van der Waals surface area (Å²) >= 11 is 0. The molecule has 0 aliphatic heterocycles. The Labute approximate surface area is 163 Å². The minimum absolute atomic E-state index is 0.277. The molecule has 0 fully saturated rings. The van der Waals surface area contributed by atoms with E-state index in [2.05, 4.69) is 20.3 Å². The van der Waals surface area contributed by atoms with E-state index in [0.717, 1.165) is 17.7 Å². The molecule has 0 saturated carbocycles. The largest absolute Gasteiger partial charge is 0.573 e. The van der Waals surface area contributed by atoms with E-state index >= 15 is 0 Å². The van der Waals surface area contributed by atoms with E-state index in [1.807, 2.05) is 6.92 Å². The first-order chi connectivity index (χ1) is 13.8. The molecule has 3 aromatic rings. The molecule has 2 aromatic carbocycles. The van der Waals surface area contributed by atoms with Gasteiger partial charge < -0.3 is 19.2 Å². The van der Waals surface area contributed by atoms with E-state index in [9.17, 15) is 18.0 Å². The standard InChI is InChI=1S/C19H16F3N3O4/c1-2-17-24-25-18(28-17)12-3-7-14(8-4-12)27-11-16(26)23-13-5-9-15(10-6-13)29-19(20,21)22/h3-10H,2,11H2,1H3,(H,23,26). The van der Waals surface area contributed by atoms with Crippen LogP contribution in [0.15, 0.2) is 52.9 Å². The fourth-order valence-corrected chi connectivity index (χ4v) is 2.29. The maximum absolute atomic E-state index is 12.1. The lowest BCUT2D eigenvalue weighted by Crippen LogP contribution is -2.20. The van der Waals surface area contributed by atoms with Crippen LogP contribution in [0.1, 0.15) is 12.8 Å². The maximum atomic E-state index is 12.1. The van der Waals surface area contributed by atoms with E-state index in [-0.39, 0.29) is 12.4 Å². The molecular weight excluding hydrogens is 391 g/mol. The smallest absolute Gasteiger partial charge is 0.484 e. The number of alkyl halides is 3. The summed E-state index contributed by atoms with van der Waals surface area (Å²) in [6, 6.07) is 11.5. The molecule has 1 amide bonds. The molecule has 3 rings (SSSR count). The predicted octanol–water partition coefficient (Wildman–Crippen LogP) is 4.22. The van der Waals surface area contributed by atoms with Crippen molar-refractivity contribution in [2.45, 2.75) is 19.7 Å². The lowest BCUT2D eigenvalue weighted by atomic mass is 10.2. The van der Waals surface area contributed by atoms with E-state index in [1.54, 1.807) is 24.3 Å². The van der Waals surface area contributed by atoms with Gasteiger partial charge in [0.15, 0.2) is 6.61 Å². The van der Waals surface area contributed by atoms with Gasteiger partial charge in [-0.25, -0.2) is 0 Å².